The Hall–Kier alpha value is -2.61. The van der Waals surface area contributed by atoms with E-state index in [-0.39, 0.29) is 18.2 Å². The number of piperidine rings is 1. The van der Waals surface area contributed by atoms with Crippen LogP contribution in [0.15, 0.2) is 76.8 Å². The lowest BCUT2D eigenvalue weighted by Crippen LogP contribution is -2.47. The van der Waals surface area contributed by atoms with Gasteiger partial charge in [0.1, 0.15) is 24.3 Å². The fourth-order valence-electron chi connectivity index (χ4n) is 6.33. The molecule has 5 aliphatic heterocycles. The van der Waals surface area contributed by atoms with Crippen LogP contribution in [0.25, 0.3) is 0 Å². The van der Waals surface area contributed by atoms with E-state index < -0.39 is 6.23 Å². The lowest BCUT2D eigenvalue weighted by atomic mass is 9.87. The number of rotatable bonds is 8. The van der Waals surface area contributed by atoms with Crippen molar-refractivity contribution in [3.63, 3.8) is 0 Å². The first kappa shape index (κ1) is 23.8. The van der Waals surface area contributed by atoms with Crippen molar-refractivity contribution in [2.24, 2.45) is 10.9 Å². The smallest absolute Gasteiger partial charge is 0.129 e. The lowest BCUT2D eigenvalue weighted by molar-refractivity contribution is 0.0942. The van der Waals surface area contributed by atoms with E-state index in [2.05, 4.69) is 81.1 Å². The Kier molecular flexibility index (Phi) is 6.87. The van der Waals surface area contributed by atoms with Crippen LogP contribution >= 0.6 is 0 Å². The van der Waals surface area contributed by atoms with Crippen LogP contribution in [0.4, 0.5) is 0 Å². The van der Waals surface area contributed by atoms with Gasteiger partial charge in [0.05, 0.1) is 6.04 Å². The van der Waals surface area contributed by atoms with Crippen LogP contribution in [-0.2, 0) is 0 Å². The highest BCUT2D eigenvalue weighted by molar-refractivity contribution is 5.96. The van der Waals surface area contributed by atoms with Crippen molar-refractivity contribution in [2.45, 2.75) is 63.5 Å². The van der Waals surface area contributed by atoms with Crippen molar-refractivity contribution in [3.05, 3.63) is 71.8 Å². The molecular weight excluding hydrogens is 448 g/mol. The summed E-state index contributed by atoms with van der Waals surface area (Å²) in [5, 5.41) is 17.6. The number of aliphatic hydroxyl groups excluding tert-OH is 1. The number of hydrogen-bond donors (Lipinski definition) is 3. The third kappa shape index (κ3) is 5.10. The molecule has 1 aliphatic carbocycles. The Bertz CT molecular complexity index is 1040. The number of fused-ring (bicyclic) bond motifs is 2. The van der Waals surface area contributed by atoms with Gasteiger partial charge in [0.25, 0.3) is 0 Å². The van der Waals surface area contributed by atoms with Crippen LogP contribution in [0.5, 0.6) is 0 Å². The lowest BCUT2D eigenvalue weighted by Gasteiger charge is -2.34. The van der Waals surface area contributed by atoms with Crippen LogP contribution in [0.2, 0.25) is 0 Å². The molecule has 6 rings (SSSR count). The molecule has 7 nitrogen and oxygen atoms in total. The van der Waals surface area contributed by atoms with Crippen molar-refractivity contribution >= 4 is 5.84 Å². The SMILES string of the molecule is CC1C(C(O)NCC2=CN3C=C(CN4CCC(CC5=CC=CCC5)CC4)C=CC3N2)N=C2C=CCN21. The maximum Gasteiger partial charge on any atom is 0.129 e. The van der Waals surface area contributed by atoms with E-state index in [1.807, 2.05) is 6.08 Å². The Labute approximate surface area is 215 Å². The third-order valence-corrected chi connectivity index (χ3v) is 8.49. The van der Waals surface area contributed by atoms with E-state index >= 15 is 0 Å². The number of amidine groups is 1. The molecule has 0 spiro atoms. The number of likely N-dealkylation sites (tertiary alicyclic amines) is 1. The van der Waals surface area contributed by atoms with Crippen molar-refractivity contribution < 1.29 is 5.11 Å². The molecule has 0 radical (unpaired) electrons. The van der Waals surface area contributed by atoms with Crippen LogP contribution < -0.4 is 10.6 Å². The van der Waals surface area contributed by atoms with Crippen molar-refractivity contribution in [3.8, 4) is 0 Å². The molecule has 1 fully saturated rings. The fraction of sp³-hybridized carbons (Fsp3) is 0.552. The number of nitrogens with one attached hydrogen (secondary N) is 2. The van der Waals surface area contributed by atoms with Crippen molar-refractivity contribution in [2.75, 3.05) is 32.7 Å². The molecule has 0 aromatic carbocycles. The Morgan fingerprint density at radius 3 is 2.89 bits per heavy atom. The van der Waals surface area contributed by atoms with Gasteiger partial charge in [0.15, 0.2) is 0 Å². The summed E-state index contributed by atoms with van der Waals surface area (Å²) < 4.78 is 0. The van der Waals surface area contributed by atoms with E-state index in [1.54, 1.807) is 5.57 Å². The van der Waals surface area contributed by atoms with Crippen LogP contribution in [0, 0.1) is 5.92 Å². The summed E-state index contributed by atoms with van der Waals surface area (Å²) in [7, 11) is 0. The molecule has 36 heavy (non-hydrogen) atoms. The zero-order valence-corrected chi connectivity index (χ0v) is 21.4. The molecule has 192 valence electrons. The second-order valence-electron chi connectivity index (χ2n) is 11.1. The van der Waals surface area contributed by atoms with Gasteiger partial charge in [-0.15, -0.1) is 0 Å². The molecule has 4 unspecified atom stereocenters. The average molecular weight is 489 g/mol. The van der Waals surface area contributed by atoms with E-state index in [0.717, 1.165) is 30.5 Å². The molecule has 0 saturated carbocycles. The minimum atomic E-state index is -0.665. The van der Waals surface area contributed by atoms with E-state index in [9.17, 15) is 5.11 Å². The van der Waals surface area contributed by atoms with Crippen molar-refractivity contribution in [1.82, 2.24) is 25.3 Å². The highest BCUT2D eigenvalue weighted by Gasteiger charge is 2.37. The number of nitrogens with zero attached hydrogens (tertiary/aromatic N) is 4. The third-order valence-electron chi connectivity index (χ3n) is 8.49. The molecule has 7 heteroatoms. The normalized spacial score (nSPS) is 30.6. The maximum atomic E-state index is 10.8. The zero-order chi connectivity index (χ0) is 24.5. The van der Waals surface area contributed by atoms with Gasteiger partial charge >= 0.3 is 0 Å². The molecule has 0 amide bonds. The summed E-state index contributed by atoms with van der Waals surface area (Å²) in [4.78, 5) is 11.8. The largest absolute Gasteiger partial charge is 0.376 e. The summed E-state index contributed by atoms with van der Waals surface area (Å²) in [6.07, 6.45) is 25.9. The monoisotopic (exact) mass is 488 g/mol. The average Bonchev–Trinajstić information content (AvgIpc) is 3.60. The van der Waals surface area contributed by atoms with Gasteiger partial charge in [-0.25, -0.2) is 0 Å². The molecule has 1 saturated heterocycles. The molecule has 6 aliphatic rings. The van der Waals surface area contributed by atoms with Gasteiger partial charge in [-0.1, -0.05) is 36.0 Å². The Balaban J connectivity index is 0.968. The highest BCUT2D eigenvalue weighted by Crippen LogP contribution is 2.29. The zero-order valence-electron chi connectivity index (χ0n) is 21.4. The summed E-state index contributed by atoms with van der Waals surface area (Å²) in [5.74, 6) is 1.84. The van der Waals surface area contributed by atoms with Gasteiger partial charge in [0, 0.05) is 37.7 Å². The first-order valence-corrected chi connectivity index (χ1v) is 13.8. The summed E-state index contributed by atoms with van der Waals surface area (Å²) in [5.41, 5.74) is 4.10. The first-order chi connectivity index (χ1) is 17.6. The quantitative estimate of drug-likeness (QED) is 0.457. The standard InChI is InChI=1S/C29H40N6O/c1-21-28(32-27-8-5-13-35(21)27)29(36)30-17-25-20-34-19-24(9-10-26(34)31-25)18-33-14-11-23(12-15-33)16-22-6-3-2-4-7-22/h2-3,5-6,8-10,19-21,23,26,28-31,36H,4,7,11-18H2,1H3. The predicted octanol–water partition coefficient (Wildman–Crippen LogP) is 2.84. The minimum absolute atomic E-state index is 0.138. The minimum Gasteiger partial charge on any atom is -0.376 e. The Morgan fingerprint density at radius 2 is 2.08 bits per heavy atom. The summed E-state index contributed by atoms with van der Waals surface area (Å²) >= 11 is 0. The number of aliphatic hydroxyl groups is 1. The molecule has 5 heterocycles. The van der Waals surface area contributed by atoms with Gasteiger partial charge < -0.3 is 20.2 Å². The molecule has 0 aromatic rings. The van der Waals surface area contributed by atoms with Gasteiger partial charge in [0.2, 0.25) is 0 Å². The fourth-order valence-corrected chi connectivity index (χ4v) is 6.33. The molecular formula is C29H40N6O. The van der Waals surface area contributed by atoms with Crippen LogP contribution in [-0.4, -0.2) is 82.8 Å². The predicted molar refractivity (Wildman–Crippen MR) is 145 cm³/mol. The van der Waals surface area contributed by atoms with Gasteiger partial charge in [-0.2, -0.15) is 0 Å². The number of aliphatic imine (C=N–C) groups is 1. The molecule has 0 aromatic heterocycles. The second-order valence-corrected chi connectivity index (χ2v) is 11.1. The first-order valence-electron chi connectivity index (χ1n) is 13.8. The highest BCUT2D eigenvalue weighted by atomic mass is 16.3. The van der Waals surface area contributed by atoms with Gasteiger partial charge in [-0.3, -0.25) is 15.2 Å². The number of allylic oxidation sites excluding steroid dienone is 4. The molecule has 4 atom stereocenters. The van der Waals surface area contributed by atoms with E-state index in [1.165, 1.54) is 50.8 Å². The Morgan fingerprint density at radius 1 is 1.19 bits per heavy atom. The summed E-state index contributed by atoms with van der Waals surface area (Å²) in [6, 6.07) is 0.0654. The molecule has 3 N–H and O–H groups in total. The van der Waals surface area contributed by atoms with Crippen LogP contribution in [0.3, 0.4) is 0 Å². The second kappa shape index (κ2) is 10.4. The van der Waals surface area contributed by atoms with E-state index in [0.29, 0.717) is 6.54 Å². The maximum absolute atomic E-state index is 10.8. The number of hydrogen-bond acceptors (Lipinski definition) is 7. The van der Waals surface area contributed by atoms with Gasteiger partial charge in [-0.05, 0) is 75.8 Å². The summed E-state index contributed by atoms with van der Waals surface area (Å²) in [6.45, 7) is 7.03. The molecule has 0 bridgehead atoms. The topological polar surface area (TPSA) is 66.4 Å². The van der Waals surface area contributed by atoms with Crippen LogP contribution in [0.1, 0.15) is 39.0 Å². The van der Waals surface area contributed by atoms with E-state index in [4.69, 9.17) is 4.99 Å². The van der Waals surface area contributed by atoms with Crippen molar-refractivity contribution in [1.29, 1.82) is 0 Å².